The van der Waals surface area contributed by atoms with Gasteiger partial charge in [0.2, 0.25) is 5.91 Å². The lowest BCUT2D eigenvalue weighted by molar-refractivity contribution is -0.116. The van der Waals surface area contributed by atoms with Crippen molar-refractivity contribution in [3.05, 3.63) is 24.3 Å². The fourth-order valence-corrected chi connectivity index (χ4v) is 3.16. The topological polar surface area (TPSA) is 41.6 Å². The highest BCUT2D eigenvalue weighted by Gasteiger charge is 2.21. The van der Waals surface area contributed by atoms with Gasteiger partial charge >= 0.3 is 0 Å². The Kier molecular flexibility index (Phi) is 5.62. The molecule has 1 amide bonds. The van der Waals surface area contributed by atoms with Crippen molar-refractivity contribution in [2.24, 2.45) is 11.8 Å². The average Bonchev–Trinajstić information content (AvgIpc) is 2.44. The minimum Gasteiger partial charge on any atom is -0.497 e. The second-order valence-corrected chi connectivity index (χ2v) is 6.24. The summed E-state index contributed by atoms with van der Waals surface area (Å²) in [6, 6.07) is 7.46. The van der Waals surface area contributed by atoms with Crippen molar-refractivity contribution in [2.45, 2.75) is 26.7 Å². The number of methoxy groups -OCH3 is 1. The lowest BCUT2D eigenvalue weighted by Gasteiger charge is -2.34. The summed E-state index contributed by atoms with van der Waals surface area (Å²) in [4.78, 5) is 14.4. The molecule has 21 heavy (non-hydrogen) atoms. The van der Waals surface area contributed by atoms with Crippen molar-refractivity contribution in [1.82, 2.24) is 4.90 Å². The number of nitrogens with one attached hydrogen (secondary N) is 1. The van der Waals surface area contributed by atoms with Crippen molar-refractivity contribution < 1.29 is 9.53 Å². The number of ether oxygens (including phenoxy) is 1. The molecule has 0 bridgehead atoms. The van der Waals surface area contributed by atoms with E-state index in [0.717, 1.165) is 42.9 Å². The highest BCUT2D eigenvalue weighted by molar-refractivity contribution is 5.91. The summed E-state index contributed by atoms with van der Waals surface area (Å²) in [6.45, 7) is 7.63. The molecule has 2 rings (SSSR count). The van der Waals surface area contributed by atoms with Gasteiger partial charge in [-0.25, -0.2) is 0 Å². The zero-order valence-corrected chi connectivity index (χ0v) is 13.3. The lowest BCUT2D eigenvalue weighted by atomic mass is 9.92. The molecule has 2 atom stereocenters. The maximum atomic E-state index is 12.0. The standard InChI is InChI=1S/C17H26N2O2/c1-13-9-14(2)12-19(11-13)8-7-17(20)18-15-5-4-6-16(10-15)21-3/h4-6,10,13-14H,7-9,11-12H2,1-3H3,(H,18,20)/t13-,14-/m0/s1. The SMILES string of the molecule is COc1cccc(NC(=O)CCN2C[C@@H](C)C[C@H](C)C2)c1. The van der Waals surface area contributed by atoms with Crippen LogP contribution in [-0.4, -0.2) is 37.6 Å². The number of nitrogens with zero attached hydrogens (tertiary/aromatic N) is 1. The summed E-state index contributed by atoms with van der Waals surface area (Å²) in [7, 11) is 1.62. The molecule has 1 aromatic rings. The Hall–Kier alpha value is -1.55. The molecule has 4 heteroatoms. The molecule has 1 heterocycles. The summed E-state index contributed by atoms with van der Waals surface area (Å²) in [5, 5.41) is 2.93. The molecule has 1 aliphatic rings. The fourth-order valence-electron chi connectivity index (χ4n) is 3.16. The van der Waals surface area contributed by atoms with E-state index in [1.54, 1.807) is 7.11 Å². The van der Waals surface area contributed by atoms with Crippen molar-refractivity contribution >= 4 is 11.6 Å². The van der Waals surface area contributed by atoms with Gasteiger partial charge in [-0.1, -0.05) is 19.9 Å². The van der Waals surface area contributed by atoms with Crippen LogP contribution in [0.4, 0.5) is 5.69 Å². The number of piperidine rings is 1. The van der Waals surface area contributed by atoms with Crippen LogP contribution in [0.25, 0.3) is 0 Å². The van der Waals surface area contributed by atoms with Crippen LogP contribution < -0.4 is 10.1 Å². The first-order valence-corrected chi connectivity index (χ1v) is 7.73. The number of benzene rings is 1. The first kappa shape index (κ1) is 15.8. The minimum absolute atomic E-state index is 0.0640. The van der Waals surface area contributed by atoms with Gasteiger partial charge in [0.1, 0.15) is 5.75 Å². The van der Waals surface area contributed by atoms with Gasteiger partial charge in [0.15, 0.2) is 0 Å². The number of carbonyl (C=O) groups excluding carboxylic acids is 1. The number of rotatable bonds is 5. The van der Waals surface area contributed by atoms with E-state index >= 15 is 0 Å². The Morgan fingerprint density at radius 2 is 2.05 bits per heavy atom. The van der Waals surface area contributed by atoms with Crippen LogP contribution >= 0.6 is 0 Å². The second-order valence-electron chi connectivity index (χ2n) is 6.24. The van der Waals surface area contributed by atoms with Gasteiger partial charge in [-0.15, -0.1) is 0 Å². The molecular weight excluding hydrogens is 264 g/mol. The van der Waals surface area contributed by atoms with E-state index in [1.807, 2.05) is 24.3 Å². The summed E-state index contributed by atoms with van der Waals surface area (Å²) in [6.07, 6.45) is 1.84. The summed E-state index contributed by atoms with van der Waals surface area (Å²) < 4.78 is 5.16. The Balaban J connectivity index is 1.79. The number of carbonyl (C=O) groups is 1. The Morgan fingerprint density at radius 3 is 2.71 bits per heavy atom. The third kappa shape index (κ3) is 5.05. The van der Waals surface area contributed by atoms with Crippen LogP contribution in [0.2, 0.25) is 0 Å². The predicted molar refractivity (Wildman–Crippen MR) is 85.6 cm³/mol. The lowest BCUT2D eigenvalue weighted by Crippen LogP contribution is -2.40. The molecule has 1 aliphatic heterocycles. The normalized spacial score (nSPS) is 22.8. The van der Waals surface area contributed by atoms with Crippen LogP contribution in [0.1, 0.15) is 26.7 Å². The van der Waals surface area contributed by atoms with Crippen molar-refractivity contribution in [3.63, 3.8) is 0 Å². The Morgan fingerprint density at radius 1 is 1.33 bits per heavy atom. The van der Waals surface area contributed by atoms with Crippen molar-refractivity contribution in [3.8, 4) is 5.75 Å². The summed E-state index contributed by atoms with van der Waals surface area (Å²) >= 11 is 0. The molecule has 1 aromatic carbocycles. The number of anilines is 1. The van der Waals surface area contributed by atoms with Gasteiger partial charge < -0.3 is 15.0 Å². The maximum absolute atomic E-state index is 12.0. The first-order valence-electron chi connectivity index (χ1n) is 7.73. The Bertz CT molecular complexity index is 466. The smallest absolute Gasteiger partial charge is 0.225 e. The third-order valence-corrected chi connectivity index (χ3v) is 3.95. The monoisotopic (exact) mass is 290 g/mol. The molecule has 0 aromatic heterocycles. The molecule has 0 saturated carbocycles. The highest BCUT2D eigenvalue weighted by Crippen LogP contribution is 2.21. The van der Waals surface area contributed by atoms with Crippen molar-refractivity contribution in [2.75, 3.05) is 32.1 Å². The number of likely N-dealkylation sites (tertiary alicyclic amines) is 1. The van der Waals surface area contributed by atoms with Crippen molar-refractivity contribution in [1.29, 1.82) is 0 Å². The zero-order valence-electron chi connectivity index (χ0n) is 13.3. The molecule has 4 nitrogen and oxygen atoms in total. The fraction of sp³-hybridized carbons (Fsp3) is 0.588. The number of hydrogen-bond acceptors (Lipinski definition) is 3. The molecule has 1 fully saturated rings. The van der Waals surface area contributed by atoms with Gasteiger partial charge in [-0.2, -0.15) is 0 Å². The highest BCUT2D eigenvalue weighted by atomic mass is 16.5. The largest absolute Gasteiger partial charge is 0.497 e. The average molecular weight is 290 g/mol. The molecule has 1 saturated heterocycles. The van der Waals surface area contributed by atoms with Gasteiger partial charge in [-0.05, 0) is 30.4 Å². The van der Waals surface area contributed by atoms with Crippen LogP contribution in [0, 0.1) is 11.8 Å². The van der Waals surface area contributed by atoms with Gasteiger partial charge in [0.05, 0.1) is 7.11 Å². The quantitative estimate of drug-likeness (QED) is 0.906. The molecular formula is C17H26N2O2. The number of hydrogen-bond donors (Lipinski definition) is 1. The molecule has 0 aliphatic carbocycles. The van der Waals surface area contributed by atoms with Crippen LogP contribution in [-0.2, 0) is 4.79 Å². The predicted octanol–water partition coefficient (Wildman–Crippen LogP) is 3.00. The molecule has 0 radical (unpaired) electrons. The summed E-state index contributed by atoms with van der Waals surface area (Å²) in [5.74, 6) is 2.28. The van der Waals surface area contributed by atoms with Crippen LogP contribution in [0.3, 0.4) is 0 Å². The van der Waals surface area contributed by atoms with E-state index in [-0.39, 0.29) is 5.91 Å². The molecule has 0 unspecified atom stereocenters. The maximum Gasteiger partial charge on any atom is 0.225 e. The zero-order chi connectivity index (χ0) is 15.2. The van der Waals surface area contributed by atoms with E-state index in [4.69, 9.17) is 4.74 Å². The molecule has 116 valence electrons. The van der Waals surface area contributed by atoms with Gasteiger partial charge in [-0.3, -0.25) is 4.79 Å². The van der Waals surface area contributed by atoms with Crippen LogP contribution in [0.5, 0.6) is 5.75 Å². The minimum atomic E-state index is 0.0640. The van der Waals surface area contributed by atoms with E-state index in [9.17, 15) is 4.79 Å². The second kappa shape index (κ2) is 7.46. The first-order chi connectivity index (χ1) is 10.1. The van der Waals surface area contributed by atoms with Gasteiger partial charge in [0, 0.05) is 37.8 Å². The van der Waals surface area contributed by atoms with E-state index in [0.29, 0.717) is 6.42 Å². The third-order valence-electron chi connectivity index (χ3n) is 3.95. The molecule has 1 N–H and O–H groups in total. The Labute approximate surface area is 127 Å². The van der Waals surface area contributed by atoms with E-state index in [2.05, 4.69) is 24.1 Å². The molecule has 0 spiro atoms. The van der Waals surface area contributed by atoms with Crippen LogP contribution in [0.15, 0.2) is 24.3 Å². The van der Waals surface area contributed by atoms with Gasteiger partial charge in [0.25, 0.3) is 0 Å². The van der Waals surface area contributed by atoms with E-state index < -0.39 is 0 Å². The van der Waals surface area contributed by atoms with E-state index in [1.165, 1.54) is 6.42 Å². The number of amides is 1. The summed E-state index contributed by atoms with van der Waals surface area (Å²) in [5.41, 5.74) is 0.791.